The lowest BCUT2D eigenvalue weighted by Crippen LogP contribution is -2.06. The SMILES string of the molecule is COC(=O)C1=C(c2c(CCc3ccccc3)n(C)c3cc(C(=O)O)ccc23)CCC1. The van der Waals surface area contributed by atoms with Crippen molar-refractivity contribution in [3.05, 3.63) is 76.5 Å². The lowest BCUT2D eigenvalue weighted by Gasteiger charge is -2.11. The van der Waals surface area contributed by atoms with Crippen molar-refractivity contribution < 1.29 is 19.4 Å². The molecule has 4 rings (SSSR count). The Kier molecular flexibility index (Phi) is 5.44. The summed E-state index contributed by atoms with van der Waals surface area (Å²) in [5.41, 5.74) is 6.35. The monoisotopic (exact) mass is 403 g/mol. The van der Waals surface area contributed by atoms with Gasteiger partial charge in [-0.2, -0.15) is 0 Å². The van der Waals surface area contributed by atoms with Gasteiger partial charge in [0.25, 0.3) is 0 Å². The fourth-order valence-corrected chi connectivity index (χ4v) is 4.53. The molecular weight excluding hydrogens is 378 g/mol. The van der Waals surface area contributed by atoms with Crippen molar-refractivity contribution in [1.82, 2.24) is 4.57 Å². The van der Waals surface area contributed by atoms with Crippen molar-refractivity contribution in [2.75, 3.05) is 7.11 Å². The minimum absolute atomic E-state index is 0.262. The minimum Gasteiger partial charge on any atom is -0.478 e. The number of hydrogen-bond donors (Lipinski definition) is 1. The number of nitrogens with zero attached hydrogens (tertiary/aromatic N) is 1. The number of carboxylic acid groups (broad SMARTS) is 1. The molecule has 0 amide bonds. The third-order valence-corrected chi connectivity index (χ3v) is 6.01. The van der Waals surface area contributed by atoms with Crippen molar-refractivity contribution in [1.29, 1.82) is 0 Å². The molecule has 2 aromatic carbocycles. The molecule has 30 heavy (non-hydrogen) atoms. The van der Waals surface area contributed by atoms with E-state index in [1.54, 1.807) is 12.1 Å². The predicted octanol–water partition coefficient (Wildman–Crippen LogP) is 4.77. The lowest BCUT2D eigenvalue weighted by molar-refractivity contribution is -0.136. The molecule has 0 spiro atoms. The predicted molar refractivity (Wildman–Crippen MR) is 117 cm³/mol. The smallest absolute Gasteiger partial charge is 0.335 e. The van der Waals surface area contributed by atoms with E-state index in [9.17, 15) is 14.7 Å². The van der Waals surface area contributed by atoms with Crippen LogP contribution in [0.1, 0.15) is 46.4 Å². The Morgan fingerprint density at radius 3 is 2.53 bits per heavy atom. The first-order valence-electron chi connectivity index (χ1n) is 10.2. The van der Waals surface area contributed by atoms with Gasteiger partial charge in [0.2, 0.25) is 0 Å². The standard InChI is InChI=1S/C25H25NO4/c1-26-21(14-11-16-7-4-3-5-8-16)23(18-9-6-10-19(18)25(29)30-2)20-13-12-17(24(27)28)15-22(20)26/h3-5,7-8,12-13,15H,6,9-11,14H2,1-2H3,(H,27,28). The Labute approximate surface area is 175 Å². The summed E-state index contributed by atoms with van der Waals surface area (Å²) >= 11 is 0. The van der Waals surface area contributed by atoms with Gasteiger partial charge in [0.15, 0.2) is 0 Å². The van der Waals surface area contributed by atoms with Gasteiger partial charge in [-0.3, -0.25) is 0 Å². The number of carboxylic acids is 1. The zero-order valence-corrected chi connectivity index (χ0v) is 17.3. The lowest BCUT2D eigenvalue weighted by atomic mass is 9.95. The Morgan fingerprint density at radius 1 is 1.07 bits per heavy atom. The van der Waals surface area contributed by atoms with Crippen molar-refractivity contribution in [2.24, 2.45) is 7.05 Å². The van der Waals surface area contributed by atoms with Gasteiger partial charge in [-0.1, -0.05) is 36.4 Å². The highest BCUT2D eigenvalue weighted by Gasteiger charge is 2.28. The Bertz CT molecular complexity index is 1150. The van der Waals surface area contributed by atoms with Crippen molar-refractivity contribution >= 4 is 28.4 Å². The summed E-state index contributed by atoms with van der Waals surface area (Å²) in [4.78, 5) is 23.9. The number of carbonyl (C=O) groups excluding carboxylic acids is 1. The first-order chi connectivity index (χ1) is 14.5. The maximum absolute atomic E-state index is 12.4. The van der Waals surface area contributed by atoms with Gasteiger partial charge in [-0.05, 0) is 55.4 Å². The third-order valence-electron chi connectivity index (χ3n) is 6.01. The van der Waals surface area contributed by atoms with Crippen molar-refractivity contribution in [3.63, 3.8) is 0 Å². The highest BCUT2D eigenvalue weighted by atomic mass is 16.5. The molecule has 0 aliphatic heterocycles. The molecule has 1 aromatic heterocycles. The van der Waals surface area contributed by atoms with Crippen LogP contribution in [-0.2, 0) is 29.4 Å². The second-order valence-electron chi connectivity index (χ2n) is 7.71. The maximum atomic E-state index is 12.4. The zero-order valence-electron chi connectivity index (χ0n) is 17.3. The molecule has 5 nitrogen and oxygen atoms in total. The summed E-state index contributed by atoms with van der Waals surface area (Å²) in [6.45, 7) is 0. The molecule has 0 atom stereocenters. The number of allylic oxidation sites excluding steroid dienone is 1. The number of methoxy groups -OCH3 is 1. The van der Waals surface area contributed by atoms with Crippen molar-refractivity contribution in [3.8, 4) is 0 Å². The van der Waals surface area contributed by atoms with Gasteiger partial charge in [0, 0.05) is 34.8 Å². The number of aryl methyl sites for hydroxylation is 2. The molecule has 0 saturated heterocycles. The van der Waals surface area contributed by atoms with Crippen LogP contribution in [0.15, 0.2) is 54.1 Å². The summed E-state index contributed by atoms with van der Waals surface area (Å²) in [7, 11) is 3.40. The van der Waals surface area contributed by atoms with E-state index in [4.69, 9.17) is 4.74 Å². The van der Waals surface area contributed by atoms with Crippen LogP contribution in [0.25, 0.3) is 16.5 Å². The van der Waals surface area contributed by atoms with Crippen LogP contribution in [0.3, 0.4) is 0 Å². The summed E-state index contributed by atoms with van der Waals surface area (Å²) in [6.07, 6.45) is 4.11. The van der Waals surface area contributed by atoms with E-state index < -0.39 is 5.97 Å². The van der Waals surface area contributed by atoms with Crippen LogP contribution >= 0.6 is 0 Å². The van der Waals surface area contributed by atoms with Crippen LogP contribution in [0.4, 0.5) is 0 Å². The highest BCUT2D eigenvalue weighted by Crippen LogP contribution is 2.41. The van der Waals surface area contributed by atoms with E-state index in [1.165, 1.54) is 12.7 Å². The van der Waals surface area contributed by atoms with Crippen LogP contribution in [0.5, 0.6) is 0 Å². The van der Waals surface area contributed by atoms with Crippen LogP contribution in [0, 0.1) is 0 Å². The van der Waals surface area contributed by atoms with Gasteiger partial charge in [0.1, 0.15) is 0 Å². The average Bonchev–Trinajstić information content (AvgIpc) is 3.34. The number of benzene rings is 2. The maximum Gasteiger partial charge on any atom is 0.335 e. The number of aromatic nitrogens is 1. The molecule has 1 heterocycles. The zero-order chi connectivity index (χ0) is 21.3. The summed E-state index contributed by atoms with van der Waals surface area (Å²) in [5, 5.41) is 10.4. The molecule has 154 valence electrons. The van der Waals surface area contributed by atoms with Gasteiger partial charge in [0.05, 0.1) is 12.7 Å². The van der Waals surface area contributed by atoms with Gasteiger partial charge < -0.3 is 14.4 Å². The Balaban J connectivity index is 1.89. The molecule has 5 heteroatoms. The fourth-order valence-electron chi connectivity index (χ4n) is 4.53. The molecule has 1 aliphatic carbocycles. The second kappa shape index (κ2) is 8.19. The van der Waals surface area contributed by atoms with Gasteiger partial charge >= 0.3 is 11.9 Å². The number of fused-ring (bicyclic) bond motifs is 1. The van der Waals surface area contributed by atoms with E-state index in [0.29, 0.717) is 6.42 Å². The van der Waals surface area contributed by atoms with Crippen LogP contribution < -0.4 is 0 Å². The number of rotatable bonds is 6. The molecule has 0 radical (unpaired) electrons. The average molecular weight is 403 g/mol. The van der Waals surface area contributed by atoms with Gasteiger partial charge in [-0.15, -0.1) is 0 Å². The third kappa shape index (κ3) is 3.52. The largest absolute Gasteiger partial charge is 0.478 e. The number of aromatic carboxylic acids is 1. The quantitative estimate of drug-likeness (QED) is 0.602. The molecule has 0 unspecified atom stereocenters. The first-order valence-corrected chi connectivity index (χ1v) is 10.2. The number of hydrogen-bond acceptors (Lipinski definition) is 3. The normalized spacial score (nSPS) is 13.8. The topological polar surface area (TPSA) is 68.5 Å². The van der Waals surface area contributed by atoms with E-state index >= 15 is 0 Å². The number of ether oxygens (including phenoxy) is 1. The number of esters is 1. The fraction of sp³-hybridized carbons (Fsp3) is 0.280. The molecule has 1 aliphatic rings. The highest BCUT2D eigenvalue weighted by molar-refractivity contribution is 6.05. The second-order valence-corrected chi connectivity index (χ2v) is 7.71. The Hall–Kier alpha value is -3.34. The van der Waals surface area contributed by atoms with E-state index in [-0.39, 0.29) is 11.5 Å². The molecule has 0 fully saturated rings. The van der Waals surface area contributed by atoms with E-state index in [2.05, 4.69) is 16.7 Å². The Morgan fingerprint density at radius 2 is 1.83 bits per heavy atom. The molecule has 1 N–H and O–H groups in total. The molecule has 0 saturated carbocycles. The van der Waals surface area contributed by atoms with Crippen LogP contribution in [0.2, 0.25) is 0 Å². The molecule has 3 aromatic rings. The molecular formula is C25H25NO4. The molecule has 0 bridgehead atoms. The first kappa shape index (κ1) is 20.0. The minimum atomic E-state index is -0.944. The van der Waals surface area contributed by atoms with E-state index in [0.717, 1.165) is 59.0 Å². The summed E-state index contributed by atoms with van der Waals surface area (Å²) in [6, 6.07) is 15.5. The van der Waals surface area contributed by atoms with Gasteiger partial charge in [-0.25, -0.2) is 9.59 Å². The summed E-state index contributed by atoms with van der Waals surface area (Å²) < 4.78 is 7.13. The number of carbonyl (C=O) groups is 2. The van der Waals surface area contributed by atoms with Crippen molar-refractivity contribution in [2.45, 2.75) is 32.1 Å². The van der Waals surface area contributed by atoms with Crippen LogP contribution in [-0.4, -0.2) is 28.7 Å². The summed E-state index contributed by atoms with van der Waals surface area (Å²) in [5.74, 6) is -1.21. The van der Waals surface area contributed by atoms with E-state index in [1.807, 2.05) is 31.3 Å².